The van der Waals surface area contributed by atoms with E-state index in [-0.39, 0.29) is 19.0 Å². The van der Waals surface area contributed by atoms with Gasteiger partial charge in [0.2, 0.25) is 5.91 Å². The SMILES string of the molecule is C#CCN(CC(=O)O)C(=O)CSC1CCNCC1. The molecular formula is C12H18N2O3S. The number of aliphatic carboxylic acids is 1. The van der Waals surface area contributed by atoms with E-state index in [0.29, 0.717) is 11.0 Å². The zero-order valence-electron chi connectivity index (χ0n) is 10.2. The average Bonchev–Trinajstić information content (AvgIpc) is 2.36. The number of hydrogen-bond acceptors (Lipinski definition) is 4. The Morgan fingerprint density at radius 2 is 2.11 bits per heavy atom. The van der Waals surface area contributed by atoms with Crippen LogP contribution in [0.15, 0.2) is 0 Å². The van der Waals surface area contributed by atoms with E-state index in [1.807, 2.05) is 0 Å². The topological polar surface area (TPSA) is 69.6 Å². The highest BCUT2D eigenvalue weighted by molar-refractivity contribution is 8.00. The van der Waals surface area contributed by atoms with E-state index in [2.05, 4.69) is 11.2 Å². The third kappa shape index (κ3) is 5.43. The lowest BCUT2D eigenvalue weighted by Gasteiger charge is -2.23. The van der Waals surface area contributed by atoms with Crippen LogP contribution in [0.1, 0.15) is 12.8 Å². The van der Waals surface area contributed by atoms with E-state index >= 15 is 0 Å². The first kappa shape index (κ1) is 14.9. The van der Waals surface area contributed by atoms with Crippen molar-refractivity contribution in [1.29, 1.82) is 0 Å². The lowest BCUT2D eigenvalue weighted by Crippen LogP contribution is -2.38. The molecule has 0 atom stereocenters. The smallest absolute Gasteiger partial charge is 0.323 e. The van der Waals surface area contributed by atoms with Crippen LogP contribution in [-0.4, -0.2) is 59.1 Å². The number of thioether (sulfide) groups is 1. The molecule has 1 aliphatic rings. The standard InChI is InChI=1S/C12H18N2O3S/c1-2-7-14(8-12(16)17)11(15)9-18-10-3-5-13-6-4-10/h1,10,13H,3-9H2,(H,16,17). The minimum absolute atomic E-state index is 0.0535. The Morgan fingerprint density at radius 1 is 1.44 bits per heavy atom. The number of nitrogens with one attached hydrogen (secondary N) is 1. The molecule has 0 aromatic rings. The van der Waals surface area contributed by atoms with Crippen molar-refractivity contribution in [2.75, 3.05) is 31.9 Å². The Labute approximate surface area is 111 Å². The number of amides is 1. The summed E-state index contributed by atoms with van der Waals surface area (Å²) in [7, 11) is 0. The summed E-state index contributed by atoms with van der Waals surface area (Å²) in [6.07, 6.45) is 7.23. The van der Waals surface area contributed by atoms with Crippen molar-refractivity contribution in [3.05, 3.63) is 0 Å². The van der Waals surface area contributed by atoms with Gasteiger partial charge in [-0.1, -0.05) is 5.92 Å². The number of piperidine rings is 1. The second kappa shape index (κ2) is 8.01. The van der Waals surface area contributed by atoms with Crippen molar-refractivity contribution in [1.82, 2.24) is 10.2 Å². The quantitative estimate of drug-likeness (QED) is 0.666. The third-order valence-electron chi connectivity index (χ3n) is 2.69. The zero-order chi connectivity index (χ0) is 13.4. The van der Waals surface area contributed by atoms with Crippen molar-refractivity contribution in [3.63, 3.8) is 0 Å². The molecule has 0 unspecified atom stereocenters. The van der Waals surface area contributed by atoms with Crippen molar-refractivity contribution < 1.29 is 14.7 Å². The Morgan fingerprint density at radius 3 is 2.67 bits per heavy atom. The fourth-order valence-electron chi connectivity index (χ4n) is 1.75. The van der Waals surface area contributed by atoms with Gasteiger partial charge in [-0.25, -0.2) is 0 Å². The molecule has 0 radical (unpaired) electrons. The highest BCUT2D eigenvalue weighted by Crippen LogP contribution is 2.20. The van der Waals surface area contributed by atoms with Crippen LogP contribution in [-0.2, 0) is 9.59 Å². The van der Waals surface area contributed by atoms with E-state index in [4.69, 9.17) is 11.5 Å². The maximum absolute atomic E-state index is 11.8. The summed E-state index contributed by atoms with van der Waals surface area (Å²) in [5.41, 5.74) is 0. The van der Waals surface area contributed by atoms with Crippen molar-refractivity contribution in [3.8, 4) is 12.3 Å². The fraction of sp³-hybridized carbons (Fsp3) is 0.667. The minimum Gasteiger partial charge on any atom is -0.480 e. The number of carboxylic acid groups (broad SMARTS) is 1. The normalized spacial score (nSPS) is 15.9. The molecule has 0 aromatic heterocycles. The highest BCUT2D eigenvalue weighted by atomic mass is 32.2. The largest absolute Gasteiger partial charge is 0.480 e. The molecule has 1 aliphatic heterocycles. The number of carboxylic acids is 1. The van der Waals surface area contributed by atoms with Crippen LogP contribution in [0.2, 0.25) is 0 Å². The predicted octanol–water partition coefficient (Wildman–Crippen LogP) is 0.0180. The van der Waals surface area contributed by atoms with Gasteiger partial charge in [0.15, 0.2) is 0 Å². The molecule has 100 valence electrons. The van der Waals surface area contributed by atoms with Crippen molar-refractivity contribution >= 4 is 23.6 Å². The minimum atomic E-state index is -1.04. The second-order valence-electron chi connectivity index (χ2n) is 4.11. The first-order valence-electron chi connectivity index (χ1n) is 5.89. The monoisotopic (exact) mass is 270 g/mol. The van der Waals surface area contributed by atoms with Gasteiger partial charge < -0.3 is 15.3 Å². The van der Waals surface area contributed by atoms with Crippen LogP contribution >= 0.6 is 11.8 Å². The highest BCUT2D eigenvalue weighted by Gasteiger charge is 2.19. The molecule has 1 saturated heterocycles. The molecule has 5 nitrogen and oxygen atoms in total. The fourth-order valence-corrected chi connectivity index (χ4v) is 2.88. The van der Waals surface area contributed by atoms with Crippen molar-refractivity contribution in [2.45, 2.75) is 18.1 Å². The number of nitrogens with zero attached hydrogens (tertiary/aromatic N) is 1. The number of carbonyl (C=O) groups excluding carboxylic acids is 1. The molecule has 0 bridgehead atoms. The van der Waals surface area contributed by atoms with Gasteiger partial charge in [-0.2, -0.15) is 0 Å². The number of hydrogen-bond donors (Lipinski definition) is 2. The predicted molar refractivity (Wildman–Crippen MR) is 71.4 cm³/mol. The summed E-state index contributed by atoms with van der Waals surface area (Å²) < 4.78 is 0. The summed E-state index contributed by atoms with van der Waals surface area (Å²) in [4.78, 5) is 23.7. The second-order valence-corrected chi connectivity index (χ2v) is 5.40. The summed E-state index contributed by atoms with van der Waals surface area (Å²) in [5.74, 6) is 1.39. The summed E-state index contributed by atoms with van der Waals surface area (Å²) >= 11 is 1.59. The van der Waals surface area contributed by atoms with Crippen LogP contribution in [0.3, 0.4) is 0 Å². The molecule has 0 aliphatic carbocycles. The van der Waals surface area contributed by atoms with Crippen LogP contribution in [0.5, 0.6) is 0 Å². The number of carbonyl (C=O) groups is 2. The van der Waals surface area contributed by atoms with Crippen LogP contribution in [0.4, 0.5) is 0 Å². The maximum atomic E-state index is 11.8. The molecule has 6 heteroatoms. The Balaban J connectivity index is 2.35. The number of rotatable bonds is 6. The molecule has 2 N–H and O–H groups in total. The van der Waals surface area contributed by atoms with Gasteiger partial charge in [0, 0.05) is 5.25 Å². The zero-order valence-corrected chi connectivity index (χ0v) is 11.0. The third-order valence-corrected chi connectivity index (χ3v) is 4.05. The maximum Gasteiger partial charge on any atom is 0.323 e. The van der Waals surface area contributed by atoms with Gasteiger partial charge >= 0.3 is 5.97 Å². The molecule has 1 rings (SSSR count). The Hall–Kier alpha value is -1.19. The molecule has 1 heterocycles. The van der Waals surface area contributed by atoms with E-state index in [9.17, 15) is 9.59 Å². The lowest BCUT2D eigenvalue weighted by molar-refractivity contribution is -0.143. The Kier molecular flexibility index (Phi) is 6.61. The Bertz CT molecular complexity index is 335. The van der Waals surface area contributed by atoms with Gasteiger partial charge in [0.25, 0.3) is 0 Å². The van der Waals surface area contributed by atoms with Crippen molar-refractivity contribution in [2.24, 2.45) is 0 Å². The molecule has 1 fully saturated rings. The van der Waals surface area contributed by atoms with Crippen LogP contribution in [0, 0.1) is 12.3 Å². The summed E-state index contributed by atoms with van der Waals surface area (Å²) in [6.45, 7) is 1.69. The first-order chi connectivity index (χ1) is 8.63. The molecule has 0 spiro atoms. The lowest BCUT2D eigenvalue weighted by atomic mass is 10.2. The molecule has 0 saturated carbocycles. The number of terminal acetylenes is 1. The van der Waals surface area contributed by atoms with E-state index in [1.54, 1.807) is 11.8 Å². The van der Waals surface area contributed by atoms with Gasteiger partial charge in [-0.15, -0.1) is 18.2 Å². The van der Waals surface area contributed by atoms with Gasteiger partial charge in [-0.05, 0) is 25.9 Å². The van der Waals surface area contributed by atoms with Gasteiger partial charge in [-0.3, -0.25) is 9.59 Å². The van der Waals surface area contributed by atoms with Gasteiger partial charge in [0.1, 0.15) is 6.54 Å². The molecule has 0 aromatic carbocycles. The summed E-state index contributed by atoms with van der Waals surface area (Å²) in [5, 5.41) is 12.4. The molecule has 1 amide bonds. The molecule has 18 heavy (non-hydrogen) atoms. The van der Waals surface area contributed by atoms with E-state index in [1.165, 1.54) is 4.90 Å². The van der Waals surface area contributed by atoms with Crippen LogP contribution < -0.4 is 5.32 Å². The van der Waals surface area contributed by atoms with E-state index in [0.717, 1.165) is 25.9 Å². The van der Waals surface area contributed by atoms with Crippen LogP contribution in [0.25, 0.3) is 0 Å². The van der Waals surface area contributed by atoms with Gasteiger partial charge in [0.05, 0.1) is 12.3 Å². The summed E-state index contributed by atoms with van der Waals surface area (Å²) in [6, 6.07) is 0. The van der Waals surface area contributed by atoms with E-state index < -0.39 is 5.97 Å². The average molecular weight is 270 g/mol. The first-order valence-corrected chi connectivity index (χ1v) is 6.93. The molecular weight excluding hydrogens is 252 g/mol.